The van der Waals surface area contributed by atoms with Gasteiger partial charge < -0.3 is 4.74 Å². The molecule has 0 rings (SSSR count). The largest absolute Gasteiger partial charge is 0.465 e. The number of carbonyl (C=O) groups excluding carboxylic acids is 2. The van der Waals surface area contributed by atoms with Crippen molar-refractivity contribution in [3.8, 4) is 0 Å². The van der Waals surface area contributed by atoms with Crippen molar-refractivity contribution in [1.29, 1.82) is 0 Å². The first kappa shape index (κ1) is 9.88. The molecule has 0 amide bonds. The molecule has 62 valence electrons. The van der Waals surface area contributed by atoms with Gasteiger partial charge in [0.25, 0.3) is 0 Å². The topological polar surface area (TPSA) is 43.4 Å². The van der Waals surface area contributed by atoms with Crippen LogP contribution in [0.2, 0.25) is 0 Å². The summed E-state index contributed by atoms with van der Waals surface area (Å²) < 4.78 is 4.57. The van der Waals surface area contributed by atoms with Gasteiger partial charge in [-0.1, -0.05) is 6.08 Å². The molecule has 0 aliphatic rings. The minimum Gasteiger partial charge on any atom is -0.465 e. The summed E-state index contributed by atoms with van der Waals surface area (Å²) in [5.74, 6) is -0.368. The van der Waals surface area contributed by atoms with E-state index in [1.54, 1.807) is 13.0 Å². The van der Waals surface area contributed by atoms with Crippen LogP contribution in [0.5, 0.6) is 0 Å². The third kappa shape index (κ3) is 6.77. The van der Waals surface area contributed by atoms with Crippen LogP contribution in [0.4, 0.5) is 0 Å². The van der Waals surface area contributed by atoms with Crippen molar-refractivity contribution >= 4 is 11.8 Å². The van der Waals surface area contributed by atoms with Crippen molar-refractivity contribution in [1.82, 2.24) is 0 Å². The number of hydrogen-bond donors (Lipinski definition) is 0. The third-order valence-corrected chi connectivity index (χ3v) is 1.01. The first-order valence-corrected chi connectivity index (χ1v) is 3.45. The van der Waals surface area contributed by atoms with Crippen molar-refractivity contribution in [2.45, 2.75) is 20.3 Å². The molecule has 0 unspecified atom stereocenters. The maximum atomic E-state index is 10.7. The molecular weight excluding hydrogens is 144 g/mol. The molecule has 0 aromatic rings. The summed E-state index contributed by atoms with van der Waals surface area (Å²) in [6.45, 7) is 3.27. The van der Waals surface area contributed by atoms with Gasteiger partial charge in [0.05, 0.1) is 6.61 Å². The number of carbonyl (C=O) groups is 2. The lowest BCUT2D eigenvalue weighted by molar-refractivity contribution is -0.141. The molecule has 0 bridgehead atoms. The van der Waals surface area contributed by atoms with Crippen LogP contribution in [0.1, 0.15) is 20.3 Å². The Morgan fingerprint density at radius 3 is 2.55 bits per heavy atom. The predicted molar refractivity (Wildman–Crippen MR) is 41.1 cm³/mol. The van der Waals surface area contributed by atoms with Crippen molar-refractivity contribution in [3.05, 3.63) is 12.2 Å². The summed E-state index contributed by atoms with van der Waals surface area (Å²) in [7, 11) is 0. The van der Waals surface area contributed by atoms with Crippen molar-refractivity contribution in [2.24, 2.45) is 0 Å². The highest BCUT2D eigenvalue weighted by Gasteiger charge is 1.97. The molecule has 0 saturated carbocycles. The molecule has 0 atom stereocenters. The maximum absolute atomic E-state index is 10.7. The molecule has 0 heterocycles. The quantitative estimate of drug-likeness (QED) is 0.452. The van der Waals surface area contributed by atoms with Crippen LogP contribution >= 0.6 is 0 Å². The van der Waals surface area contributed by atoms with Crippen molar-refractivity contribution < 1.29 is 14.3 Å². The van der Waals surface area contributed by atoms with E-state index in [9.17, 15) is 9.59 Å². The van der Waals surface area contributed by atoms with Gasteiger partial charge in [0.15, 0.2) is 5.78 Å². The second kappa shape index (κ2) is 5.65. The Morgan fingerprint density at radius 1 is 1.45 bits per heavy atom. The lowest BCUT2D eigenvalue weighted by Crippen LogP contribution is -2.04. The molecule has 0 fully saturated rings. The lowest BCUT2D eigenvalue weighted by Gasteiger charge is -1.97. The van der Waals surface area contributed by atoms with E-state index < -0.39 is 0 Å². The highest BCUT2D eigenvalue weighted by molar-refractivity contribution is 5.89. The normalized spacial score (nSPS) is 10.0. The highest BCUT2D eigenvalue weighted by atomic mass is 16.5. The molecule has 11 heavy (non-hydrogen) atoms. The third-order valence-electron chi connectivity index (χ3n) is 1.01. The highest BCUT2D eigenvalue weighted by Crippen LogP contribution is 1.87. The Balaban J connectivity index is 3.39. The van der Waals surface area contributed by atoms with Gasteiger partial charge in [-0.25, -0.2) is 0 Å². The molecule has 0 saturated heterocycles. The molecule has 3 heteroatoms. The summed E-state index contributed by atoms with van der Waals surface area (Å²) in [5.41, 5.74) is 0. The smallest absolute Gasteiger partial charge is 0.302 e. The molecule has 3 nitrogen and oxygen atoms in total. The van der Waals surface area contributed by atoms with Gasteiger partial charge in [-0.05, 0) is 13.0 Å². The zero-order valence-electron chi connectivity index (χ0n) is 6.79. The first-order chi connectivity index (χ1) is 5.16. The van der Waals surface area contributed by atoms with Crippen LogP contribution in [-0.4, -0.2) is 18.4 Å². The molecule has 0 aromatic carbocycles. The SMILES string of the molecule is CC=CC(=O)CCOC(C)=O. The molecule has 0 aliphatic carbocycles. The second-order valence-electron chi connectivity index (χ2n) is 2.06. The fourth-order valence-corrected chi connectivity index (χ4v) is 0.565. The summed E-state index contributed by atoms with van der Waals surface area (Å²) in [6, 6.07) is 0. The summed E-state index contributed by atoms with van der Waals surface area (Å²) in [6.07, 6.45) is 3.39. The molecule has 0 aliphatic heterocycles. The molecule has 0 spiro atoms. The van der Waals surface area contributed by atoms with E-state index in [4.69, 9.17) is 0 Å². The zero-order valence-corrected chi connectivity index (χ0v) is 6.79. The van der Waals surface area contributed by atoms with E-state index in [1.807, 2.05) is 0 Å². The average molecular weight is 156 g/mol. The standard InChI is InChI=1S/C8H12O3/c1-3-4-8(10)5-6-11-7(2)9/h3-4H,5-6H2,1-2H3. The van der Waals surface area contributed by atoms with Gasteiger partial charge in [-0.2, -0.15) is 0 Å². The van der Waals surface area contributed by atoms with Crippen LogP contribution in [0.3, 0.4) is 0 Å². The Morgan fingerprint density at radius 2 is 2.09 bits per heavy atom. The van der Waals surface area contributed by atoms with Gasteiger partial charge in [-0.3, -0.25) is 9.59 Å². The molecular formula is C8H12O3. The summed E-state index contributed by atoms with van der Waals surface area (Å²) in [5, 5.41) is 0. The maximum Gasteiger partial charge on any atom is 0.302 e. The minimum absolute atomic E-state index is 0.0197. The zero-order chi connectivity index (χ0) is 8.69. The van der Waals surface area contributed by atoms with E-state index in [0.29, 0.717) is 0 Å². The van der Waals surface area contributed by atoms with Gasteiger partial charge in [0.1, 0.15) is 0 Å². The fourth-order valence-electron chi connectivity index (χ4n) is 0.565. The van der Waals surface area contributed by atoms with E-state index in [1.165, 1.54) is 13.0 Å². The number of rotatable bonds is 4. The van der Waals surface area contributed by atoms with Crippen molar-refractivity contribution in [2.75, 3.05) is 6.61 Å². The summed E-state index contributed by atoms with van der Waals surface area (Å²) in [4.78, 5) is 21.0. The second-order valence-corrected chi connectivity index (χ2v) is 2.06. The molecule has 0 aromatic heterocycles. The molecule has 0 N–H and O–H groups in total. The fraction of sp³-hybridized carbons (Fsp3) is 0.500. The van der Waals surface area contributed by atoms with Gasteiger partial charge in [-0.15, -0.1) is 0 Å². The van der Waals surface area contributed by atoms with E-state index >= 15 is 0 Å². The van der Waals surface area contributed by atoms with E-state index in [2.05, 4.69) is 4.74 Å². The summed E-state index contributed by atoms with van der Waals surface area (Å²) >= 11 is 0. The number of allylic oxidation sites excluding steroid dienone is 2. The predicted octanol–water partition coefficient (Wildman–Crippen LogP) is 1.08. The Kier molecular flexibility index (Phi) is 5.07. The van der Waals surface area contributed by atoms with Crippen LogP contribution in [-0.2, 0) is 14.3 Å². The van der Waals surface area contributed by atoms with Crippen LogP contribution in [0.15, 0.2) is 12.2 Å². The Hall–Kier alpha value is -1.12. The number of esters is 1. The van der Waals surface area contributed by atoms with E-state index in [0.717, 1.165) is 0 Å². The van der Waals surface area contributed by atoms with E-state index in [-0.39, 0.29) is 24.8 Å². The minimum atomic E-state index is -0.349. The first-order valence-electron chi connectivity index (χ1n) is 3.45. The van der Waals surface area contributed by atoms with Gasteiger partial charge >= 0.3 is 5.97 Å². The lowest BCUT2D eigenvalue weighted by atomic mass is 10.3. The van der Waals surface area contributed by atoms with Crippen LogP contribution in [0.25, 0.3) is 0 Å². The van der Waals surface area contributed by atoms with Gasteiger partial charge in [0, 0.05) is 13.3 Å². The van der Waals surface area contributed by atoms with Crippen molar-refractivity contribution in [3.63, 3.8) is 0 Å². The Labute approximate surface area is 66.0 Å². The number of hydrogen-bond acceptors (Lipinski definition) is 3. The molecule has 0 radical (unpaired) electrons. The average Bonchev–Trinajstić information content (AvgIpc) is 1.87. The number of ketones is 1. The number of ether oxygens (including phenoxy) is 1. The Bertz CT molecular complexity index is 170. The van der Waals surface area contributed by atoms with Crippen LogP contribution < -0.4 is 0 Å². The van der Waals surface area contributed by atoms with Gasteiger partial charge in [0.2, 0.25) is 0 Å². The monoisotopic (exact) mass is 156 g/mol. The van der Waals surface area contributed by atoms with Crippen LogP contribution in [0, 0.1) is 0 Å².